The number of oxime groups is 1. The van der Waals surface area contributed by atoms with E-state index in [2.05, 4.69) is 39.2 Å². The van der Waals surface area contributed by atoms with Gasteiger partial charge in [-0.25, -0.2) is 0 Å². The summed E-state index contributed by atoms with van der Waals surface area (Å²) in [4.78, 5) is 10.2. The highest BCUT2D eigenvalue weighted by molar-refractivity contribution is 6.30. The van der Waals surface area contributed by atoms with Gasteiger partial charge in [-0.15, -0.1) is 0 Å². The molecule has 2 fully saturated rings. The first-order chi connectivity index (χ1) is 15.7. The quantitative estimate of drug-likeness (QED) is 0.608. The number of β-amino-alcohol motifs (C(OH)–C–C–N with tert-alkyl or cyclic N) is 1. The van der Waals surface area contributed by atoms with Crippen molar-refractivity contribution in [3.8, 4) is 0 Å². The van der Waals surface area contributed by atoms with Crippen LogP contribution in [-0.4, -0.2) is 61.2 Å². The number of aliphatic hydroxyl groups is 1. The Morgan fingerprint density at radius 3 is 2.56 bits per heavy atom. The molecule has 4 rings (SSSR count). The summed E-state index contributed by atoms with van der Waals surface area (Å²) in [6, 6.07) is 18.3. The van der Waals surface area contributed by atoms with Crippen molar-refractivity contribution in [2.45, 2.75) is 31.8 Å². The van der Waals surface area contributed by atoms with E-state index in [0.717, 1.165) is 61.9 Å². The van der Waals surface area contributed by atoms with Crippen LogP contribution in [0.4, 0.5) is 5.69 Å². The first-order valence-corrected chi connectivity index (χ1v) is 11.9. The van der Waals surface area contributed by atoms with Gasteiger partial charge in [0.15, 0.2) is 0 Å². The Kier molecular flexibility index (Phi) is 8.21. The van der Waals surface area contributed by atoms with E-state index in [4.69, 9.17) is 16.4 Å². The van der Waals surface area contributed by atoms with Crippen molar-refractivity contribution in [3.05, 3.63) is 70.8 Å². The first-order valence-electron chi connectivity index (χ1n) is 11.5. The number of hydrogen-bond acceptors (Lipinski definition) is 5. The number of nitrogens with zero attached hydrogens (tertiary/aromatic N) is 3. The van der Waals surface area contributed by atoms with Gasteiger partial charge in [-0.3, -0.25) is 4.90 Å². The van der Waals surface area contributed by atoms with Crippen LogP contribution in [0.5, 0.6) is 0 Å². The van der Waals surface area contributed by atoms with E-state index < -0.39 is 6.10 Å². The van der Waals surface area contributed by atoms with Gasteiger partial charge in [-0.2, -0.15) is 0 Å². The first kappa shape index (κ1) is 22.8. The maximum absolute atomic E-state index is 10.5. The lowest BCUT2D eigenvalue weighted by atomic mass is 9.91. The Balaban J connectivity index is 1.23. The number of aliphatic hydroxyl groups excluding tert-OH is 1. The fourth-order valence-corrected chi connectivity index (χ4v) is 4.52. The molecule has 1 atom stereocenters. The molecule has 1 aliphatic carbocycles. The SMILES string of the molecule is O[C@H](CO/N=C1\CCCC\C1=C/c1ccccc1)CN1CCN(c2cccc(Cl)c2)CC1. The van der Waals surface area contributed by atoms with Crippen molar-refractivity contribution in [1.29, 1.82) is 0 Å². The average Bonchev–Trinajstić information content (AvgIpc) is 2.81. The molecule has 1 saturated heterocycles. The monoisotopic (exact) mass is 453 g/mol. The highest BCUT2D eigenvalue weighted by Gasteiger charge is 2.20. The topological polar surface area (TPSA) is 48.3 Å². The lowest BCUT2D eigenvalue weighted by molar-refractivity contribution is 0.0179. The number of hydrogen-bond donors (Lipinski definition) is 1. The fourth-order valence-electron chi connectivity index (χ4n) is 4.34. The Bertz CT molecular complexity index is 924. The van der Waals surface area contributed by atoms with E-state index >= 15 is 0 Å². The van der Waals surface area contributed by atoms with E-state index in [0.29, 0.717) is 6.54 Å². The van der Waals surface area contributed by atoms with Gasteiger partial charge in [0.25, 0.3) is 0 Å². The van der Waals surface area contributed by atoms with Gasteiger partial charge in [0, 0.05) is 43.4 Å². The zero-order valence-corrected chi connectivity index (χ0v) is 19.3. The normalized spacial score (nSPS) is 21.1. The Labute approximate surface area is 195 Å². The minimum Gasteiger partial charge on any atom is -0.393 e. The number of anilines is 1. The van der Waals surface area contributed by atoms with Gasteiger partial charge in [0.2, 0.25) is 0 Å². The smallest absolute Gasteiger partial charge is 0.144 e. The third-order valence-corrected chi connectivity index (χ3v) is 6.31. The molecular formula is C26H32ClN3O2. The van der Waals surface area contributed by atoms with Crippen LogP contribution in [0.1, 0.15) is 31.2 Å². The minimum absolute atomic E-state index is 0.219. The van der Waals surface area contributed by atoms with E-state index in [-0.39, 0.29) is 6.61 Å². The molecule has 1 heterocycles. The number of rotatable bonds is 7. The average molecular weight is 454 g/mol. The van der Waals surface area contributed by atoms with Gasteiger partial charge in [0.1, 0.15) is 12.7 Å². The molecule has 0 radical (unpaired) electrons. The van der Waals surface area contributed by atoms with Gasteiger partial charge in [-0.1, -0.05) is 53.2 Å². The van der Waals surface area contributed by atoms with Crippen molar-refractivity contribution >= 4 is 29.1 Å². The molecule has 0 bridgehead atoms. The molecule has 0 spiro atoms. The molecule has 0 unspecified atom stereocenters. The van der Waals surface area contributed by atoms with Crippen LogP contribution in [0.3, 0.4) is 0 Å². The molecule has 2 aromatic rings. The van der Waals surface area contributed by atoms with E-state index in [1.165, 1.54) is 17.6 Å². The van der Waals surface area contributed by atoms with Crippen molar-refractivity contribution in [3.63, 3.8) is 0 Å². The number of benzene rings is 2. The number of allylic oxidation sites excluding steroid dienone is 1. The Morgan fingerprint density at radius 1 is 1.00 bits per heavy atom. The van der Waals surface area contributed by atoms with Crippen LogP contribution in [-0.2, 0) is 4.84 Å². The van der Waals surface area contributed by atoms with Gasteiger partial charge < -0.3 is 14.8 Å². The summed E-state index contributed by atoms with van der Waals surface area (Å²) in [6.07, 6.45) is 5.92. The molecule has 2 aromatic carbocycles. The molecule has 1 saturated carbocycles. The second-order valence-electron chi connectivity index (χ2n) is 8.54. The van der Waals surface area contributed by atoms with Crippen molar-refractivity contribution in [2.75, 3.05) is 44.2 Å². The zero-order chi connectivity index (χ0) is 22.2. The van der Waals surface area contributed by atoms with Crippen LogP contribution in [0.2, 0.25) is 5.02 Å². The lowest BCUT2D eigenvalue weighted by Gasteiger charge is -2.36. The molecule has 1 aliphatic heterocycles. The van der Waals surface area contributed by atoms with E-state index in [1.54, 1.807) is 0 Å². The van der Waals surface area contributed by atoms with Crippen LogP contribution in [0.25, 0.3) is 6.08 Å². The predicted molar refractivity (Wildman–Crippen MR) is 132 cm³/mol. The summed E-state index contributed by atoms with van der Waals surface area (Å²) in [5.74, 6) is 0. The lowest BCUT2D eigenvalue weighted by Crippen LogP contribution is -2.49. The van der Waals surface area contributed by atoms with Crippen LogP contribution in [0.15, 0.2) is 65.3 Å². The molecule has 2 aliphatic rings. The summed E-state index contributed by atoms with van der Waals surface area (Å²) in [5.41, 5.74) is 4.61. The van der Waals surface area contributed by atoms with Gasteiger partial charge >= 0.3 is 0 Å². The molecule has 0 aromatic heterocycles. The standard InChI is InChI=1S/C26H32ClN3O2/c27-23-10-6-11-24(18-23)30-15-13-29(14-16-30)19-25(31)20-32-28-26-12-5-4-9-22(26)17-21-7-2-1-3-8-21/h1-3,6-8,10-11,17-18,25,31H,4-5,9,12-16,19-20H2/b22-17+,28-26+/t25-/m0/s1. The molecule has 1 N–H and O–H groups in total. The predicted octanol–water partition coefficient (Wildman–Crippen LogP) is 4.85. The second-order valence-corrected chi connectivity index (χ2v) is 8.98. The summed E-state index contributed by atoms with van der Waals surface area (Å²) < 4.78 is 0. The Morgan fingerprint density at radius 2 is 1.78 bits per heavy atom. The largest absolute Gasteiger partial charge is 0.393 e. The maximum atomic E-state index is 10.5. The van der Waals surface area contributed by atoms with E-state index in [9.17, 15) is 5.11 Å². The van der Waals surface area contributed by atoms with Crippen LogP contribution in [0, 0.1) is 0 Å². The van der Waals surface area contributed by atoms with Crippen molar-refractivity contribution in [1.82, 2.24) is 4.90 Å². The third-order valence-electron chi connectivity index (χ3n) is 6.08. The molecule has 5 nitrogen and oxygen atoms in total. The van der Waals surface area contributed by atoms with Crippen LogP contribution >= 0.6 is 11.6 Å². The van der Waals surface area contributed by atoms with Gasteiger partial charge in [-0.05, 0) is 61.1 Å². The zero-order valence-electron chi connectivity index (χ0n) is 18.5. The summed E-state index contributed by atoms with van der Waals surface area (Å²) in [7, 11) is 0. The van der Waals surface area contributed by atoms with Crippen molar-refractivity contribution in [2.24, 2.45) is 5.16 Å². The second kappa shape index (κ2) is 11.5. The summed E-state index contributed by atoms with van der Waals surface area (Å²) in [6.45, 7) is 4.47. The number of halogens is 1. The highest BCUT2D eigenvalue weighted by Crippen LogP contribution is 2.24. The maximum Gasteiger partial charge on any atom is 0.144 e. The molecule has 6 heteroatoms. The molecule has 0 amide bonds. The van der Waals surface area contributed by atoms with E-state index in [1.807, 2.05) is 36.4 Å². The summed E-state index contributed by atoms with van der Waals surface area (Å²) in [5, 5.41) is 15.6. The molecule has 32 heavy (non-hydrogen) atoms. The minimum atomic E-state index is -0.554. The fraction of sp³-hybridized carbons (Fsp3) is 0.423. The Hall–Kier alpha value is -2.34. The van der Waals surface area contributed by atoms with Gasteiger partial charge in [0.05, 0.1) is 5.71 Å². The highest BCUT2D eigenvalue weighted by atomic mass is 35.5. The van der Waals surface area contributed by atoms with Crippen molar-refractivity contribution < 1.29 is 9.94 Å². The molecular weight excluding hydrogens is 422 g/mol. The third kappa shape index (κ3) is 6.58. The molecule has 170 valence electrons. The van der Waals surface area contributed by atoms with Crippen LogP contribution < -0.4 is 4.90 Å². The summed E-state index contributed by atoms with van der Waals surface area (Å²) >= 11 is 6.12. The number of piperazine rings is 1.